The van der Waals surface area contributed by atoms with E-state index in [-0.39, 0.29) is 11.4 Å². The number of carboxylic acid groups (broad SMARTS) is 1. The molecule has 0 spiro atoms. The summed E-state index contributed by atoms with van der Waals surface area (Å²) in [6.07, 6.45) is 4.69. The Labute approximate surface area is 117 Å². The number of rotatable bonds is 7. The van der Waals surface area contributed by atoms with Gasteiger partial charge in [0.15, 0.2) is 0 Å². The number of likely N-dealkylation sites (tertiary alicyclic amines) is 1. The van der Waals surface area contributed by atoms with E-state index in [1.807, 2.05) is 0 Å². The molecule has 2 heterocycles. The Bertz CT molecular complexity index is 563. The lowest BCUT2D eigenvalue weighted by molar-refractivity contribution is -0.137. The molecule has 112 valence electrons. The zero-order chi connectivity index (χ0) is 14.6. The summed E-state index contributed by atoms with van der Waals surface area (Å²) >= 11 is 0. The van der Waals surface area contributed by atoms with Crippen molar-refractivity contribution in [2.24, 2.45) is 0 Å². The standard InChI is InChI=1S/C11H18N4O4S/c16-11(17)9-15-8-10(7-12-15)20(18,19)13-3-6-14-4-1-2-5-14/h7-8,13H,1-6,9H2,(H,16,17). The fourth-order valence-corrected chi connectivity index (χ4v) is 3.11. The second kappa shape index (κ2) is 6.33. The van der Waals surface area contributed by atoms with Gasteiger partial charge in [-0.05, 0) is 25.9 Å². The maximum Gasteiger partial charge on any atom is 0.325 e. The largest absolute Gasteiger partial charge is 0.480 e. The average Bonchev–Trinajstić information content (AvgIpc) is 2.99. The van der Waals surface area contributed by atoms with Crippen LogP contribution in [0, 0.1) is 0 Å². The van der Waals surface area contributed by atoms with Crippen molar-refractivity contribution in [3.8, 4) is 0 Å². The molecule has 1 aliphatic heterocycles. The van der Waals surface area contributed by atoms with Gasteiger partial charge >= 0.3 is 5.97 Å². The van der Waals surface area contributed by atoms with Crippen molar-refractivity contribution in [1.29, 1.82) is 0 Å². The molecule has 9 heteroatoms. The number of hydrogen-bond donors (Lipinski definition) is 2. The summed E-state index contributed by atoms with van der Waals surface area (Å²) in [7, 11) is -3.62. The molecule has 0 radical (unpaired) electrons. The smallest absolute Gasteiger partial charge is 0.325 e. The lowest BCUT2D eigenvalue weighted by Gasteiger charge is -2.14. The maximum absolute atomic E-state index is 12.0. The third-order valence-electron chi connectivity index (χ3n) is 3.14. The quantitative estimate of drug-likeness (QED) is 0.693. The Morgan fingerprint density at radius 1 is 1.40 bits per heavy atom. The summed E-state index contributed by atoms with van der Waals surface area (Å²) in [5.41, 5.74) is 0. The zero-order valence-corrected chi connectivity index (χ0v) is 11.8. The highest BCUT2D eigenvalue weighted by molar-refractivity contribution is 7.89. The molecule has 2 rings (SSSR count). The highest BCUT2D eigenvalue weighted by Crippen LogP contribution is 2.08. The summed E-state index contributed by atoms with van der Waals surface area (Å²) in [5.74, 6) is -1.07. The van der Waals surface area contributed by atoms with Crippen LogP contribution < -0.4 is 4.72 Å². The Morgan fingerprint density at radius 2 is 2.10 bits per heavy atom. The van der Waals surface area contributed by atoms with E-state index in [4.69, 9.17) is 5.11 Å². The first-order valence-electron chi connectivity index (χ1n) is 6.44. The van der Waals surface area contributed by atoms with Crippen molar-refractivity contribution in [2.75, 3.05) is 26.2 Å². The fraction of sp³-hybridized carbons (Fsp3) is 0.636. The minimum Gasteiger partial charge on any atom is -0.480 e. The van der Waals surface area contributed by atoms with Gasteiger partial charge in [-0.2, -0.15) is 5.10 Å². The molecule has 0 aromatic carbocycles. The number of hydrogen-bond acceptors (Lipinski definition) is 5. The lowest BCUT2D eigenvalue weighted by atomic mass is 10.4. The summed E-state index contributed by atoms with van der Waals surface area (Å²) in [5, 5.41) is 12.3. The molecule has 0 atom stereocenters. The van der Waals surface area contributed by atoms with Gasteiger partial charge in [0.2, 0.25) is 10.0 Å². The molecule has 0 unspecified atom stereocenters. The molecule has 1 aliphatic rings. The predicted octanol–water partition coefficient (Wildman–Crippen LogP) is -0.658. The highest BCUT2D eigenvalue weighted by atomic mass is 32.2. The van der Waals surface area contributed by atoms with E-state index in [1.165, 1.54) is 6.20 Å². The molecule has 1 saturated heterocycles. The van der Waals surface area contributed by atoms with Crippen LogP contribution in [0.3, 0.4) is 0 Å². The second-order valence-electron chi connectivity index (χ2n) is 4.71. The van der Waals surface area contributed by atoms with Crippen molar-refractivity contribution in [3.05, 3.63) is 12.4 Å². The molecule has 20 heavy (non-hydrogen) atoms. The molecule has 1 fully saturated rings. The van der Waals surface area contributed by atoms with Gasteiger partial charge < -0.3 is 10.0 Å². The van der Waals surface area contributed by atoms with Gasteiger partial charge in [0, 0.05) is 19.3 Å². The molecular formula is C11H18N4O4S. The van der Waals surface area contributed by atoms with Crippen LogP contribution in [-0.2, 0) is 21.4 Å². The van der Waals surface area contributed by atoms with Crippen molar-refractivity contribution < 1.29 is 18.3 Å². The van der Waals surface area contributed by atoms with Gasteiger partial charge in [-0.1, -0.05) is 0 Å². The number of sulfonamides is 1. The molecule has 0 amide bonds. The molecule has 1 aromatic heterocycles. The number of nitrogens with zero attached hydrogens (tertiary/aromatic N) is 3. The van der Waals surface area contributed by atoms with E-state index in [2.05, 4.69) is 14.7 Å². The second-order valence-corrected chi connectivity index (χ2v) is 6.48. The molecular weight excluding hydrogens is 284 g/mol. The van der Waals surface area contributed by atoms with Crippen molar-refractivity contribution >= 4 is 16.0 Å². The van der Waals surface area contributed by atoms with Crippen LogP contribution in [0.4, 0.5) is 0 Å². The van der Waals surface area contributed by atoms with Gasteiger partial charge in [0.05, 0.1) is 6.20 Å². The van der Waals surface area contributed by atoms with E-state index < -0.39 is 16.0 Å². The van der Waals surface area contributed by atoms with E-state index >= 15 is 0 Å². The maximum atomic E-state index is 12.0. The number of aromatic nitrogens is 2. The monoisotopic (exact) mass is 302 g/mol. The number of nitrogens with one attached hydrogen (secondary N) is 1. The Kier molecular flexibility index (Phi) is 4.73. The Hall–Kier alpha value is -1.45. The van der Waals surface area contributed by atoms with Gasteiger partial charge in [-0.25, -0.2) is 13.1 Å². The van der Waals surface area contributed by atoms with Crippen LogP contribution in [0.25, 0.3) is 0 Å². The third kappa shape index (κ3) is 4.02. The van der Waals surface area contributed by atoms with E-state index in [1.54, 1.807) is 0 Å². The van der Waals surface area contributed by atoms with Crippen LogP contribution in [0.2, 0.25) is 0 Å². The summed E-state index contributed by atoms with van der Waals surface area (Å²) in [4.78, 5) is 12.7. The predicted molar refractivity (Wildman–Crippen MR) is 70.7 cm³/mol. The molecule has 2 N–H and O–H groups in total. The van der Waals surface area contributed by atoms with E-state index in [9.17, 15) is 13.2 Å². The van der Waals surface area contributed by atoms with Gasteiger partial charge in [0.1, 0.15) is 11.4 Å². The first-order valence-corrected chi connectivity index (χ1v) is 7.92. The first kappa shape index (κ1) is 14.9. The van der Waals surface area contributed by atoms with Crippen LogP contribution in [-0.4, -0.2) is 60.4 Å². The Balaban J connectivity index is 1.88. The molecule has 1 aromatic rings. The fourth-order valence-electron chi connectivity index (χ4n) is 2.14. The summed E-state index contributed by atoms with van der Waals surface area (Å²) < 4.78 is 27.5. The number of carbonyl (C=O) groups is 1. The Morgan fingerprint density at radius 3 is 2.75 bits per heavy atom. The van der Waals surface area contributed by atoms with E-state index in [0.29, 0.717) is 13.1 Å². The number of aliphatic carboxylic acids is 1. The SMILES string of the molecule is O=C(O)Cn1cc(S(=O)(=O)NCCN2CCCC2)cn1. The van der Waals surface area contributed by atoms with Gasteiger partial charge in [-0.15, -0.1) is 0 Å². The minimum absolute atomic E-state index is 0.0137. The molecule has 0 bridgehead atoms. The van der Waals surface area contributed by atoms with Crippen LogP contribution >= 0.6 is 0 Å². The third-order valence-corrected chi connectivity index (χ3v) is 4.55. The minimum atomic E-state index is -3.62. The van der Waals surface area contributed by atoms with Gasteiger partial charge in [-0.3, -0.25) is 9.48 Å². The summed E-state index contributed by atoms with van der Waals surface area (Å²) in [6.45, 7) is 2.69. The highest BCUT2D eigenvalue weighted by Gasteiger charge is 2.18. The molecule has 0 aliphatic carbocycles. The van der Waals surface area contributed by atoms with Gasteiger partial charge in [0.25, 0.3) is 0 Å². The number of carboxylic acids is 1. The molecule has 8 nitrogen and oxygen atoms in total. The van der Waals surface area contributed by atoms with Crippen LogP contribution in [0.5, 0.6) is 0 Å². The van der Waals surface area contributed by atoms with Crippen molar-refractivity contribution in [3.63, 3.8) is 0 Å². The van der Waals surface area contributed by atoms with Crippen molar-refractivity contribution in [1.82, 2.24) is 19.4 Å². The lowest BCUT2D eigenvalue weighted by Crippen LogP contribution is -2.33. The molecule has 0 saturated carbocycles. The zero-order valence-electron chi connectivity index (χ0n) is 11.0. The van der Waals surface area contributed by atoms with Crippen LogP contribution in [0.1, 0.15) is 12.8 Å². The van der Waals surface area contributed by atoms with Crippen molar-refractivity contribution in [2.45, 2.75) is 24.3 Å². The van der Waals surface area contributed by atoms with E-state index in [0.717, 1.165) is 36.8 Å². The van der Waals surface area contributed by atoms with Crippen LogP contribution in [0.15, 0.2) is 17.3 Å². The normalized spacial score (nSPS) is 16.6. The topological polar surface area (TPSA) is 105 Å². The average molecular weight is 302 g/mol. The first-order chi connectivity index (χ1) is 9.47. The summed E-state index contributed by atoms with van der Waals surface area (Å²) in [6, 6.07) is 0.